The molecule has 0 amide bonds. The molecule has 0 saturated heterocycles. The van der Waals surface area contributed by atoms with Gasteiger partial charge in [-0.1, -0.05) is 6.08 Å². The fourth-order valence-corrected chi connectivity index (χ4v) is 0.515. The fourth-order valence-electron chi connectivity index (χ4n) is 0.515. The van der Waals surface area contributed by atoms with Crippen LogP contribution in [0.5, 0.6) is 0 Å². The second-order valence-corrected chi connectivity index (χ2v) is 1.91. The second kappa shape index (κ2) is 5.75. The maximum absolute atomic E-state index is 5.22. The van der Waals surface area contributed by atoms with Crippen molar-refractivity contribution in [3.8, 4) is 0 Å². The lowest BCUT2D eigenvalue weighted by molar-refractivity contribution is 0.535. The minimum Gasteiger partial charge on any atom is -0.304 e. The summed E-state index contributed by atoms with van der Waals surface area (Å²) in [5.74, 6) is 0. The average molecular weight is 129 g/mol. The van der Waals surface area contributed by atoms with Crippen LogP contribution in [0.25, 0.3) is 0 Å². The first-order valence-electron chi connectivity index (χ1n) is 3.13. The molecular formula is C6H15N3. The van der Waals surface area contributed by atoms with Crippen molar-refractivity contribution in [2.45, 2.75) is 19.1 Å². The highest BCUT2D eigenvalue weighted by molar-refractivity contribution is 4.66. The summed E-state index contributed by atoms with van der Waals surface area (Å²) < 4.78 is 0. The summed E-state index contributed by atoms with van der Waals surface area (Å²) >= 11 is 0. The van der Waals surface area contributed by atoms with E-state index in [1.807, 2.05) is 6.08 Å². The molecule has 0 aliphatic carbocycles. The number of hydrogen-bond donors (Lipinski definition) is 3. The lowest BCUT2D eigenvalue weighted by Gasteiger charge is -2.05. The molecule has 3 nitrogen and oxygen atoms in total. The molecule has 9 heavy (non-hydrogen) atoms. The SMILES string of the molecule is C=CCCCNC(N)N. The van der Waals surface area contributed by atoms with E-state index < -0.39 is 0 Å². The topological polar surface area (TPSA) is 64.1 Å². The summed E-state index contributed by atoms with van der Waals surface area (Å²) in [5, 5.41) is 2.89. The summed E-state index contributed by atoms with van der Waals surface area (Å²) in [6.45, 7) is 4.45. The molecule has 0 radical (unpaired) electrons. The Labute approximate surface area is 56.1 Å². The van der Waals surface area contributed by atoms with E-state index in [1.165, 1.54) is 0 Å². The normalized spacial score (nSPS) is 10.1. The molecule has 3 heteroatoms. The zero-order chi connectivity index (χ0) is 7.11. The van der Waals surface area contributed by atoms with Gasteiger partial charge in [-0.3, -0.25) is 5.32 Å². The third kappa shape index (κ3) is 7.62. The van der Waals surface area contributed by atoms with E-state index in [0.29, 0.717) is 0 Å². The van der Waals surface area contributed by atoms with Crippen molar-refractivity contribution in [1.82, 2.24) is 5.32 Å². The Balaban J connectivity index is 2.82. The Bertz CT molecular complexity index is 70.7. The summed E-state index contributed by atoms with van der Waals surface area (Å²) in [6.07, 6.45) is 3.56. The van der Waals surface area contributed by atoms with Crippen molar-refractivity contribution in [3.05, 3.63) is 12.7 Å². The second-order valence-electron chi connectivity index (χ2n) is 1.91. The van der Waals surface area contributed by atoms with Gasteiger partial charge in [-0.15, -0.1) is 6.58 Å². The van der Waals surface area contributed by atoms with Crippen LogP contribution in [-0.4, -0.2) is 12.8 Å². The van der Waals surface area contributed by atoms with Gasteiger partial charge >= 0.3 is 0 Å². The highest BCUT2D eigenvalue weighted by atomic mass is 15.1. The Morgan fingerprint density at radius 2 is 2.22 bits per heavy atom. The number of allylic oxidation sites excluding steroid dienone is 1. The highest BCUT2D eigenvalue weighted by Crippen LogP contribution is 1.84. The fraction of sp³-hybridized carbons (Fsp3) is 0.667. The van der Waals surface area contributed by atoms with E-state index in [2.05, 4.69) is 11.9 Å². The van der Waals surface area contributed by atoms with Gasteiger partial charge in [0.2, 0.25) is 0 Å². The molecular weight excluding hydrogens is 114 g/mol. The van der Waals surface area contributed by atoms with E-state index in [-0.39, 0.29) is 6.29 Å². The quantitative estimate of drug-likeness (QED) is 0.272. The van der Waals surface area contributed by atoms with Crippen LogP contribution in [0.1, 0.15) is 12.8 Å². The summed E-state index contributed by atoms with van der Waals surface area (Å²) in [6, 6.07) is 0. The molecule has 54 valence electrons. The molecule has 0 aromatic rings. The van der Waals surface area contributed by atoms with Gasteiger partial charge in [0, 0.05) is 0 Å². The van der Waals surface area contributed by atoms with Crippen LogP contribution in [0.4, 0.5) is 0 Å². The first-order valence-corrected chi connectivity index (χ1v) is 3.13. The van der Waals surface area contributed by atoms with Crippen LogP contribution in [0.2, 0.25) is 0 Å². The Morgan fingerprint density at radius 3 is 2.67 bits per heavy atom. The zero-order valence-electron chi connectivity index (χ0n) is 5.64. The largest absolute Gasteiger partial charge is 0.304 e. The van der Waals surface area contributed by atoms with Gasteiger partial charge in [0.25, 0.3) is 0 Å². The van der Waals surface area contributed by atoms with Crippen LogP contribution in [0, 0.1) is 0 Å². The average Bonchev–Trinajstić information content (AvgIpc) is 1.80. The molecule has 0 aromatic heterocycles. The zero-order valence-corrected chi connectivity index (χ0v) is 5.64. The molecule has 0 fully saturated rings. The molecule has 0 aromatic carbocycles. The van der Waals surface area contributed by atoms with Crippen LogP contribution in [-0.2, 0) is 0 Å². The predicted molar refractivity (Wildman–Crippen MR) is 39.6 cm³/mol. The third-order valence-corrected chi connectivity index (χ3v) is 0.965. The van der Waals surface area contributed by atoms with Gasteiger partial charge in [-0.25, -0.2) is 0 Å². The monoisotopic (exact) mass is 129 g/mol. The van der Waals surface area contributed by atoms with Gasteiger partial charge < -0.3 is 11.5 Å². The standard InChI is InChI=1S/C6H15N3/c1-2-3-4-5-9-6(7)8/h2,6,9H,1,3-5,7-8H2. The smallest absolute Gasteiger partial charge is 0.106 e. The molecule has 0 rings (SSSR count). The molecule has 5 N–H and O–H groups in total. The van der Waals surface area contributed by atoms with E-state index >= 15 is 0 Å². The Hall–Kier alpha value is -0.380. The maximum atomic E-state index is 5.22. The number of hydrogen-bond acceptors (Lipinski definition) is 3. The third-order valence-electron chi connectivity index (χ3n) is 0.965. The lowest BCUT2D eigenvalue weighted by Crippen LogP contribution is -2.45. The van der Waals surface area contributed by atoms with E-state index in [0.717, 1.165) is 19.4 Å². The molecule has 0 atom stereocenters. The van der Waals surface area contributed by atoms with Gasteiger partial charge in [0.1, 0.15) is 6.29 Å². The highest BCUT2D eigenvalue weighted by Gasteiger charge is 1.88. The van der Waals surface area contributed by atoms with E-state index in [9.17, 15) is 0 Å². The first kappa shape index (κ1) is 8.62. The minimum atomic E-state index is -0.380. The molecule has 0 aliphatic heterocycles. The van der Waals surface area contributed by atoms with Crippen molar-refractivity contribution >= 4 is 0 Å². The predicted octanol–water partition coefficient (Wildman–Crippen LogP) is -0.257. The molecule has 0 spiro atoms. The lowest BCUT2D eigenvalue weighted by atomic mass is 10.3. The van der Waals surface area contributed by atoms with Gasteiger partial charge in [0.05, 0.1) is 0 Å². The summed E-state index contributed by atoms with van der Waals surface area (Å²) in [5.41, 5.74) is 10.4. The number of nitrogens with one attached hydrogen (secondary N) is 1. The number of nitrogens with two attached hydrogens (primary N) is 2. The van der Waals surface area contributed by atoms with Crippen molar-refractivity contribution in [3.63, 3.8) is 0 Å². The summed E-state index contributed by atoms with van der Waals surface area (Å²) in [4.78, 5) is 0. The number of unbranched alkanes of at least 4 members (excludes halogenated alkanes) is 1. The van der Waals surface area contributed by atoms with Crippen LogP contribution in [0.15, 0.2) is 12.7 Å². The van der Waals surface area contributed by atoms with Gasteiger partial charge in [0.15, 0.2) is 0 Å². The van der Waals surface area contributed by atoms with Crippen LogP contribution >= 0.6 is 0 Å². The van der Waals surface area contributed by atoms with Crippen molar-refractivity contribution < 1.29 is 0 Å². The summed E-state index contributed by atoms with van der Waals surface area (Å²) in [7, 11) is 0. The molecule has 0 heterocycles. The van der Waals surface area contributed by atoms with Crippen molar-refractivity contribution in [2.75, 3.05) is 6.54 Å². The van der Waals surface area contributed by atoms with Crippen molar-refractivity contribution in [1.29, 1.82) is 0 Å². The maximum Gasteiger partial charge on any atom is 0.106 e. The van der Waals surface area contributed by atoms with Gasteiger partial charge in [-0.05, 0) is 19.4 Å². The molecule has 0 unspecified atom stereocenters. The molecule has 0 aliphatic rings. The van der Waals surface area contributed by atoms with Crippen LogP contribution < -0.4 is 16.8 Å². The van der Waals surface area contributed by atoms with Crippen molar-refractivity contribution in [2.24, 2.45) is 11.5 Å². The van der Waals surface area contributed by atoms with E-state index in [4.69, 9.17) is 11.5 Å². The van der Waals surface area contributed by atoms with E-state index in [1.54, 1.807) is 0 Å². The van der Waals surface area contributed by atoms with Gasteiger partial charge in [-0.2, -0.15) is 0 Å². The Kier molecular flexibility index (Phi) is 5.51. The first-order chi connectivity index (χ1) is 4.27. The minimum absolute atomic E-state index is 0.380. The molecule has 0 saturated carbocycles. The number of rotatable bonds is 5. The Morgan fingerprint density at radius 1 is 1.56 bits per heavy atom. The molecule has 0 bridgehead atoms. The van der Waals surface area contributed by atoms with Crippen LogP contribution in [0.3, 0.4) is 0 Å².